The van der Waals surface area contributed by atoms with E-state index in [0.717, 1.165) is 61.3 Å². The molecule has 25 heteroatoms. The van der Waals surface area contributed by atoms with E-state index in [9.17, 15) is 59.4 Å². The first kappa shape index (κ1) is 79.2. The molecule has 0 bridgehead atoms. The lowest BCUT2D eigenvalue weighted by molar-refractivity contribution is -0.153. The van der Waals surface area contributed by atoms with E-state index in [-0.39, 0.29) is 19.6 Å². The fourth-order valence-corrected chi connectivity index (χ4v) is 12.9. The molecule has 3 aliphatic rings. The number of halogens is 4. The maximum absolute atomic E-state index is 12.7. The zero-order valence-corrected chi connectivity index (χ0v) is 61.5. The van der Waals surface area contributed by atoms with Crippen LogP contribution in [0.3, 0.4) is 0 Å². The van der Waals surface area contributed by atoms with Gasteiger partial charge in [-0.05, 0) is 123 Å². The number of carbonyl (C=O) groups excluding carboxylic acids is 6. The second kappa shape index (κ2) is 39.8. The van der Waals surface area contributed by atoms with Crippen LogP contribution in [0.4, 0.5) is 17.1 Å². The highest BCUT2D eigenvalue weighted by Crippen LogP contribution is 2.29. The number of aliphatic hydroxyl groups is 6. The summed E-state index contributed by atoms with van der Waals surface area (Å²) in [5.41, 5.74) is 9.79. The summed E-state index contributed by atoms with van der Waals surface area (Å²) in [6, 6.07) is 65.7. The van der Waals surface area contributed by atoms with E-state index in [1.165, 1.54) is 25.8 Å². The number of anilines is 3. The van der Waals surface area contributed by atoms with Crippen LogP contribution in [0, 0.1) is 3.57 Å². The Bertz CT molecular complexity index is 4130. The maximum atomic E-state index is 12.7. The van der Waals surface area contributed by atoms with E-state index in [4.69, 9.17) is 34.8 Å². The lowest BCUT2D eigenvalue weighted by Gasteiger charge is -2.37. The molecule has 104 heavy (non-hydrogen) atoms. The molecule has 0 saturated carbocycles. The van der Waals surface area contributed by atoms with Gasteiger partial charge in [0.25, 0.3) is 35.4 Å². The van der Waals surface area contributed by atoms with Crippen LogP contribution in [0.5, 0.6) is 0 Å². The molecule has 0 unspecified atom stereocenters. The standard InChI is InChI=1S/C29H32ClN3O4.C29H30ClN3O4.C21H23ClIN3O4/c2*30-24-8-4-5-9-25(24)32-16-18-33(19-17-32)29(37)27(35)26(34)28(36)31-20-23-14-12-22(13-15-23)11-10-21-6-2-1-3-7-21;22-16-3-1-2-4-17(16)25-9-11-26(12-10-25)21(30)19(28)18(27)20(29)24-13-14-5-7-15(23)8-6-14/h1-9,12-15,26-27,34-35H,10-11,16-20H2,(H,31,36);1-15,26-27,34-35H,16-20H2,(H,31,36);1-8,18-19,27-28H,9-13H2,(H,24,29)/b;11-10+;/t2*26-,27-;18-,19-/m111/s1. The van der Waals surface area contributed by atoms with Crippen LogP contribution in [0.15, 0.2) is 206 Å². The predicted molar refractivity (Wildman–Crippen MR) is 414 cm³/mol. The second-order valence-corrected chi connectivity index (χ2v) is 27.5. The largest absolute Gasteiger partial charge is 0.380 e. The Balaban J connectivity index is 0.000000182. The van der Waals surface area contributed by atoms with Crippen molar-refractivity contribution >= 4 is 122 Å². The zero-order valence-electron chi connectivity index (χ0n) is 57.1. The third-order valence-electron chi connectivity index (χ3n) is 17.9. The summed E-state index contributed by atoms with van der Waals surface area (Å²) >= 11 is 20.9. The van der Waals surface area contributed by atoms with Crippen molar-refractivity contribution in [1.29, 1.82) is 0 Å². The van der Waals surface area contributed by atoms with Crippen molar-refractivity contribution in [2.45, 2.75) is 69.1 Å². The topological polar surface area (TPSA) is 279 Å². The summed E-state index contributed by atoms with van der Waals surface area (Å²) in [5, 5.41) is 71.4. The molecule has 8 aromatic rings. The SMILES string of the molecule is O=C(NCc1ccc(/C=C/c2ccccc2)cc1)[C@H](O)[C@@H](O)C(=O)N1CCN(c2ccccc2Cl)CC1.O=C(NCc1ccc(CCc2ccccc2)cc1)[C@H](O)[C@@H](O)C(=O)N1CCN(c2ccccc2Cl)CC1.O=C(NCc1ccc(I)cc1)[C@H](O)[C@@H](O)C(=O)N1CCN(c2ccccc2Cl)CC1. The van der Waals surface area contributed by atoms with Crippen molar-refractivity contribution in [2.75, 3.05) is 93.2 Å². The Morgan fingerprint density at radius 3 is 0.913 bits per heavy atom. The smallest absolute Gasteiger partial charge is 0.254 e. The highest BCUT2D eigenvalue weighted by Gasteiger charge is 2.38. The third-order valence-corrected chi connectivity index (χ3v) is 19.6. The second-order valence-electron chi connectivity index (χ2n) is 25.0. The van der Waals surface area contributed by atoms with E-state index in [1.54, 1.807) is 0 Å². The average molecular weight is 1590 g/mol. The van der Waals surface area contributed by atoms with Crippen LogP contribution in [-0.2, 0) is 61.2 Å². The van der Waals surface area contributed by atoms with Gasteiger partial charge in [-0.3, -0.25) is 28.8 Å². The van der Waals surface area contributed by atoms with Gasteiger partial charge in [-0.2, -0.15) is 0 Å². The van der Waals surface area contributed by atoms with Gasteiger partial charge < -0.3 is 76.0 Å². The van der Waals surface area contributed by atoms with Crippen molar-refractivity contribution < 1.29 is 59.4 Å². The Morgan fingerprint density at radius 2 is 0.587 bits per heavy atom. The van der Waals surface area contributed by atoms with Gasteiger partial charge in [-0.1, -0.05) is 205 Å². The quantitative estimate of drug-likeness (QED) is 0.0220. The fraction of sp³-hybridized carbons (Fsp3) is 0.291. The van der Waals surface area contributed by atoms with Gasteiger partial charge in [0.2, 0.25) is 0 Å². The zero-order chi connectivity index (χ0) is 74.1. The first-order valence-corrected chi connectivity index (χ1v) is 36.4. The van der Waals surface area contributed by atoms with Crippen molar-refractivity contribution in [3.63, 3.8) is 0 Å². The van der Waals surface area contributed by atoms with Crippen molar-refractivity contribution in [2.24, 2.45) is 0 Å². The minimum atomic E-state index is -1.86. The molecule has 0 aliphatic carbocycles. The van der Waals surface area contributed by atoms with Crippen molar-refractivity contribution in [3.05, 3.63) is 264 Å². The van der Waals surface area contributed by atoms with Gasteiger partial charge >= 0.3 is 0 Å². The number of amides is 6. The number of hydrogen-bond acceptors (Lipinski definition) is 15. The molecule has 0 spiro atoms. The predicted octanol–water partition coefficient (Wildman–Crippen LogP) is 7.64. The van der Waals surface area contributed by atoms with Crippen molar-refractivity contribution in [1.82, 2.24) is 30.7 Å². The normalized spacial score (nSPS) is 15.6. The fourth-order valence-electron chi connectivity index (χ4n) is 11.8. The van der Waals surface area contributed by atoms with Crippen LogP contribution in [0.2, 0.25) is 15.1 Å². The van der Waals surface area contributed by atoms with Gasteiger partial charge in [-0.25, -0.2) is 0 Å². The van der Waals surface area contributed by atoms with E-state index >= 15 is 0 Å². The van der Waals surface area contributed by atoms with Gasteiger partial charge in [0.15, 0.2) is 36.6 Å². The van der Waals surface area contributed by atoms with Crippen LogP contribution < -0.4 is 30.7 Å². The molecule has 8 aromatic carbocycles. The van der Waals surface area contributed by atoms with Crippen LogP contribution in [0.25, 0.3) is 12.2 Å². The Kier molecular flexibility index (Phi) is 30.3. The molecule has 6 amide bonds. The van der Waals surface area contributed by atoms with Crippen molar-refractivity contribution in [3.8, 4) is 0 Å². The molecule has 3 fully saturated rings. The van der Waals surface area contributed by atoms with E-state index in [2.05, 4.69) is 65.4 Å². The molecule has 3 heterocycles. The molecular weight excluding hydrogens is 1500 g/mol. The minimum absolute atomic E-state index is 0.163. The first-order chi connectivity index (χ1) is 50.2. The number of aryl methyl sites for hydroxylation is 2. The Hall–Kier alpha value is -8.92. The summed E-state index contributed by atoms with van der Waals surface area (Å²) in [7, 11) is 0. The van der Waals surface area contributed by atoms with Gasteiger partial charge in [0.1, 0.15) is 0 Å². The summed E-state index contributed by atoms with van der Waals surface area (Å²) in [5.74, 6) is -4.37. The summed E-state index contributed by atoms with van der Waals surface area (Å²) < 4.78 is 1.07. The van der Waals surface area contributed by atoms with Gasteiger partial charge in [0.05, 0.1) is 32.1 Å². The lowest BCUT2D eigenvalue weighted by atomic mass is 10.0. The molecule has 0 radical (unpaired) electrons. The average Bonchev–Trinajstić information content (AvgIpc) is 0.834. The summed E-state index contributed by atoms with van der Waals surface area (Å²) in [6.07, 6.45) is -5.14. The molecule has 11 rings (SSSR count). The van der Waals surface area contributed by atoms with Crippen LogP contribution in [0.1, 0.15) is 38.9 Å². The first-order valence-electron chi connectivity index (χ1n) is 34.2. The highest BCUT2D eigenvalue weighted by molar-refractivity contribution is 14.1. The van der Waals surface area contributed by atoms with Crippen LogP contribution in [-0.4, -0.2) is 196 Å². The number of nitrogens with one attached hydrogen (secondary N) is 3. The number of hydrogen-bond donors (Lipinski definition) is 9. The molecule has 3 aliphatic heterocycles. The van der Waals surface area contributed by atoms with Crippen LogP contribution >= 0.6 is 57.4 Å². The van der Waals surface area contributed by atoms with E-state index in [1.807, 2.05) is 206 Å². The highest BCUT2D eigenvalue weighted by atomic mass is 127. The third kappa shape index (κ3) is 23.0. The summed E-state index contributed by atoms with van der Waals surface area (Å²) in [6.45, 7) is 5.87. The molecule has 546 valence electrons. The number of benzene rings is 8. The summed E-state index contributed by atoms with van der Waals surface area (Å²) in [4.78, 5) is 85.6. The molecule has 6 atom stereocenters. The monoisotopic (exact) mass is 1580 g/mol. The minimum Gasteiger partial charge on any atom is -0.380 e. The lowest BCUT2D eigenvalue weighted by Crippen LogP contribution is -2.55. The Morgan fingerprint density at radius 1 is 0.327 bits per heavy atom. The number of nitrogens with zero attached hydrogens (tertiary/aromatic N) is 6. The number of carbonyl (C=O) groups is 6. The molecule has 21 nitrogen and oxygen atoms in total. The van der Waals surface area contributed by atoms with E-state index in [0.29, 0.717) is 93.6 Å². The maximum Gasteiger partial charge on any atom is 0.254 e. The van der Waals surface area contributed by atoms with Gasteiger partial charge in [0, 0.05) is 102 Å². The van der Waals surface area contributed by atoms with E-state index < -0.39 is 72.1 Å². The number of rotatable bonds is 23. The molecule has 3 saturated heterocycles. The number of para-hydroxylation sites is 3. The molecular formula is C79H85Cl3IN9O12. The van der Waals surface area contributed by atoms with Gasteiger partial charge in [-0.15, -0.1) is 0 Å². The Labute approximate surface area is 634 Å². The molecule has 9 N–H and O–H groups in total. The molecule has 0 aromatic heterocycles. The number of piperazine rings is 3. The number of aliphatic hydroxyl groups excluding tert-OH is 6.